The topological polar surface area (TPSA) is 50.2 Å². The Bertz CT molecular complexity index is 816. The van der Waals surface area contributed by atoms with Gasteiger partial charge in [0.2, 0.25) is 0 Å². The smallest absolute Gasteiger partial charge is 0.254 e. The average Bonchev–Trinajstić information content (AvgIpc) is 3.45. The van der Waals surface area contributed by atoms with Crippen molar-refractivity contribution in [3.05, 3.63) is 47.3 Å². The summed E-state index contributed by atoms with van der Waals surface area (Å²) in [7, 11) is 0. The number of nitrogens with zero attached hydrogens (tertiary/aromatic N) is 3. The molecule has 2 aromatic rings. The van der Waals surface area contributed by atoms with Crippen molar-refractivity contribution in [1.82, 2.24) is 20.0 Å². The van der Waals surface area contributed by atoms with Crippen molar-refractivity contribution in [2.24, 2.45) is 5.92 Å². The quantitative estimate of drug-likeness (QED) is 0.741. The molecule has 0 spiro atoms. The molecule has 5 nitrogen and oxygen atoms in total. The van der Waals surface area contributed by atoms with Gasteiger partial charge in [0.05, 0.1) is 23.1 Å². The number of hydrogen-bond acceptors (Lipinski definition) is 3. The van der Waals surface area contributed by atoms with E-state index in [4.69, 9.17) is 0 Å². The van der Waals surface area contributed by atoms with Crippen LogP contribution in [0.25, 0.3) is 5.69 Å². The summed E-state index contributed by atoms with van der Waals surface area (Å²) in [5, 5.41) is 7.72. The Balaban J connectivity index is 1.37. The molecule has 2 fully saturated rings. The van der Waals surface area contributed by atoms with E-state index in [1.54, 1.807) is 6.20 Å². The molecular formula is C23H32N4O. The fraction of sp³-hybridized carbons (Fsp3) is 0.565. The van der Waals surface area contributed by atoms with E-state index in [0.29, 0.717) is 5.92 Å². The van der Waals surface area contributed by atoms with Crippen LogP contribution in [0.4, 0.5) is 0 Å². The van der Waals surface area contributed by atoms with E-state index >= 15 is 0 Å². The molecule has 1 saturated carbocycles. The van der Waals surface area contributed by atoms with E-state index in [9.17, 15) is 4.79 Å². The summed E-state index contributed by atoms with van der Waals surface area (Å²) in [5.41, 5.74) is 4.08. The van der Waals surface area contributed by atoms with Crippen molar-refractivity contribution < 1.29 is 4.79 Å². The number of carbonyl (C=O) groups is 1. The maximum Gasteiger partial charge on any atom is 0.254 e. The lowest BCUT2D eigenvalue weighted by atomic mass is 9.99. The summed E-state index contributed by atoms with van der Waals surface area (Å²) in [5.74, 6) is 1.34. The minimum atomic E-state index is 0.0222. The molecule has 0 bridgehead atoms. The van der Waals surface area contributed by atoms with Gasteiger partial charge in [0.25, 0.3) is 5.91 Å². The number of benzene rings is 1. The van der Waals surface area contributed by atoms with Gasteiger partial charge in [0, 0.05) is 12.5 Å². The van der Waals surface area contributed by atoms with Crippen LogP contribution in [0.3, 0.4) is 0 Å². The molecule has 0 atom stereocenters. The van der Waals surface area contributed by atoms with Gasteiger partial charge in [-0.25, -0.2) is 4.68 Å². The summed E-state index contributed by atoms with van der Waals surface area (Å²) < 4.78 is 1.98. The van der Waals surface area contributed by atoms with Crippen LogP contribution in [0.1, 0.15) is 66.6 Å². The molecule has 0 unspecified atom stereocenters. The van der Waals surface area contributed by atoms with Crippen molar-refractivity contribution in [3.8, 4) is 5.69 Å². The van der Waals surface area contributed by atoms with Gasteiger partial charge in [-0.3, -0.25) is 4.79 Å². The third-order valence-corrected chi connectivity index (χ3v) is 6.17. The lowest BCUT2D eigenvalue weighted by Crippen LogP contribution is -2.35. The molecule has 4 rings (SSSR count). The average molecular weight is 381 g/mol. The molecule has 2 heterocycles. The standard InChI is InChI=1S/C23H32N4O/c1-17-10-14-26(15-11-17)13-5-12-24-23(28)20-16-25-27(22(20)19-8-9-19)21-7-4-3-6-18(21)2/h3-4,6-7,16-17,19H,5,8-15H2,1-2H3,(H,24,28). The Labute approximate surface area is 168 Å². The van der Waals surface area contributed by atoms with Crippen LogP contribution in [-0.4, -0.2) is 46.8 Å². The molecule has 1 N–H and O–H groups in total. The number of piperidine rings is 1. The lowest BCUT2D eigenvalue weighted by molar-refractivity contribution is 0.0949. The Morgan fingerprint density at radius 2 is 1.93 bits per heavy atom. The first kappa shape index (κ1) is 19.2. The van der Waals surface area contributed by atoms with Crippen LogP contribution in [0.15, 0.2) is 30.5 Å². The zero-order valence-electron chi connectivity index (χ0n) is 17.2. The molecule has 1 aromatic carbocycles. The molecule has 1 aromatic heterocycles. The van der Waals surface area contributed by atoms with Crippen molar-refractivity contribution in [2.45, 2.75) is 51.9 Å². The number of carbonyl (C=O) groups excluding carboxylic acids is 1. The highest BCUT2D eigenvalue weighted by molar-refractivity contribution is 5.95. The first-order valence-electron chi connectivity index (χ1n) is 10.8. The van der Waals surface area contributed by atoms with Crippen LogP contribution in [0, 0.1) is 12.8 Å². The van der Waals surface area contributed by atoms with E-state index in [1.807, 2.05) is 16.8 Å². The lowest BCUT2D eigenvalue weighted by Gasteiger charge is -2.30. The molecule has 1 aliphatic heterocycles. The van der Waals surface area contributed by atoms with Gasteiger partial charge in [-0.15, -0.1) is 0 Å². The highest BCUT2D eigenvalue weighted by Crippen LogP contribution is 2.42. The molecule has 0 radical (unpaired) electrons. The first-order valence-corrected chi connectivity index (χ1v) is 10.8. The highest BCUT2D eigenvalue weighted by atomic mass is 16.1. The van der Waals surface area contributed by atoms with Gasteiger partial charge in [-0.05, 0) is 76.2 Å². The van der Waals surface area contributed by atoms with Gasteiger partial charge in [0.15, 0.2) is 0 Å². The number of aryl methyl sites for hydroxylation is 1. The molecule has 2 aliphatic rings. The number of hydrogen-bond donors (Lipinski definition) is 1. The van der Waals surface area contributed by atoms with E-state index in [1.165, 1.54) is 31.5 Å². The van der Waals surface area contributed by atoms with Crippen LogP contribution in [-0.2, 0) is 0 Å². The summed E-state index contributed by atoms with van der Waals surface area (Å²) >= 11 is 0. The number of para-hydroxylation sites is 1. The number of aromatic nitrogens is 2. The first-order chi connectivity index (χ1) is 13.6. The fourth-order valence-electron chi connectivity index (χ4n) is 4.16. The summed E-state index contributed by atoms with van der Waals surface area (Å²) in [4.78, 5) is 15.4. The molecule has 1 aliphatic carbocycles. The van der Waals surface area contributed by atoms with E-state index in [-0.39, 0.29) is 5.91 Å². The number of amides is 1. The second kappa shape index (κ2) is 8.48. The summed E-state index contributed by atoms with van der Waals surface area (Å²) in [6.07, 6.45) is 7.65. The number of nitrogens with one attached hydrogen (secondary N) is 1. The van der Waals surface area contributed by atoms with Gasteiger partial charge >= 0.3 is 0 Å². The molecular weight excluding hydrogens is 348 g/mol. The Morgan fingerprint density at radius 1 is 1.18 bits per heavy atom. The van der Waals surface area contributed by atoms with E-state index in [2.05, 4.69) is 41.3 Å². The van der Waals surface area contributed by atoms with Crippen molar-refractivity contribution in [2.75, 3.05) is 26.2 Å². The van der Waals surface area contributed by atoms with Crippen molar-refractivity contribution in [1.29, 1.82) is 0 Å². The molecule has 28 heavy (non-hydrogen) atoms. The largest absolute Gasteiger partial charge is 0.352 e. The third-order valence-electron chi connectivity index (χ3n) is 6.17. The van der Waals surface area contributed by atoms with E-state index < -0.39 is 0 Å². The SMILES string of the molecule is Cc1ccccc1-n1ncc(C(=O)NCCCN2CCC(C)CC2)c1C1CC1. The summed E-state index contributed by atoms with van der Waals surface area (Å²) in [6.45, 7) is 8.63. The Hall–Kier alpha value is -2.14. The Morgan fingerprint density at radius 3 is 2.64 bits per heavy atom. The maximum atomic E-state index is 12.8. The monoisotopic (exact) mass is 380 g/mol. The third kappa shape index (κ3) is 4.30. The van der Waals surface area contributed by atoms with Crippen LogP contribution in [0.5, 0.6) is 0 Å². The predicted octanol–water partition coefficient (Wildman–Crippen LogP) is 3.91. The van der Waals surface area contributed by atoms with Crippen molar-refractivity contribution >= 4 is 5.91 Å². The molecule has 1 amide bonds. The minimum absolute atomic E-state index is 0.0222. The van der Waals surface area contributed by atoms with Gasteiger partial charge in [0.1, 0.15) is 0 Å². The highest BCUT2D eigenvalue weighted by Gasteiger charge is 2.33. The van der Waals surface area contributed by atoms with Crippen LogP contribution < -0.4 is 5.32 Å². The van der Waals surface area contributed by atoms with Gasteiger partial charge in [-0.2, -0.15) is 5.10 Å². The zero-order valence-corrected chi connectivity index (χ0v) is 17.2. The second-order valence-electron chi connectivity index (χ2n) is 8.55. The van der Waals surface area contributed by atoms with Crippen molar-refractivity contribution in [3.63, 3.8) is 0 Å². The molecule has 1 saturated heterocycles. The minimum Gasteiger partial charge on any atom is -0.352 e. The van der Waals surface area contributed by atoms with Crippen LogP contribution >= 0.6 is 0 Å². The van der Waals surface area contributed by atoms with E-state index in [0.717, 1.165) is 55.2 Å². The molecule has 150 valence electrons. The number of likely N-dealkylation sites (tertiary alicyclic amines) is 1. The fourth-order valence-corrected chi connectivity index (χ4v) is 4.16. The molecule has 5 heteroatoms. The predicted molar refractivity (Wildman–Crippen MR) is 112 cm³/mol. The summed E-state index contributed by atoms with van der Waals surface area (Å²) in [6, 6.07) is 8.24. The second-order valence-corrected chi connectivity index (χ2v) is 8.55. The van der Waals surface area contributed by atoms with Gasteiger partial charge in [-0.1, -0.05) is 25.1 Å². The Kier molecular flexibility index (Phi) is 5.81. The maximum absolute atomic E-state index is 12.8. The van der Waals surface area contributed by atoms with Gasteiger partial charge < -0.3 is 10.2 Å². The normalized spacial score (nSPS) is 18.4. The zero-order chi connectivity index (χ0) is 19.5. The number of rotatable bonds is 7. The van der Waals surface area contributed by atoms with Crippen LogP contribution in [0.2, 0.25) is 0 Å².